The summed E-state index contributed by atoms with van der Waals surface area (Å²) in [7, 11) is -2.94. The molecule has 0 aliphatic carbocycles. The lowest BCUT2D eigenvalue weighted by Gasteiger charge is -2.24. The van der Waals surface area contributed by atoms with Gasteiger partial charge in [0, 0.05) is 12.6 Å². The first-order valence-electron chi connectivity index (χ1n) is 4.81. The molecule has 13 heavy (non-hydrogen) atoms. The Balaban J connectivity index is 2.68. The molecule has 78 valence electrons. The van der Waals surface area contributed by atoms with E-state index in [4.69, 9.17) is 5.73 Å². The molecule has 1 fully saturated rings. The van der Waals surface area contributed by atoms with Gasteiger partial charge in [-0.3, -0.25) is 0 Å². The largest absolute Gasteiger partial charge is 0.330 e. The zero-order valence-electron chi connectivity index (χ0n) is 8.07. The van der Waals surface area contributed by atoms with Crippen molar-refractivity contribution >= 4 is 10.0 Å². The average Bonchev–Trinajstić information content (AvgIpc) is 2.41. The molecule has 0 saturated carbocycles. The van der Waals surface area contributed by atoms with Crippen molar-refractivity contribution in [2.24, 2.45) is 5.73 Å². The maximum atomic E-state index is 11.5. The summed E-state index contributed by atoms with van der Waals surface area (Å²) < 4.78 is 24.7. The van der Waals surface area contributed by atoms with Gasteiger partial charge in [-0.25, -0.2) is 8.42 Å². The molecule has 1 saturated heterocycles. The van der Waals surface area contributed by atoms with Crippen LogP contribution < -0.4 is 5.73 Å². The average molecular weight is 206 g/mol. The second-order valence-corrected chi connectivity index (χ2v) is 5.46. The molecule has 1 aliphatic rings. The van der Waals surface area contributed by atoms with E-state index in [0.717, 1.165) is 19.3 Å². The lowest BCUT2D eigenvalue weighted by molar-refractivity contribution is 0.319. The summed E-state index contributed by atoms with van der Waals surface area (Å²) in [5, 5.41) is 0. The molecular weight excluding hydrogens is 188 g/mol. The van der Waals surface area contributed by atoms with Crippen molar-refractivity contribution in [2.75, 3.05) is 18.8 Å². The van der Waals surface area contributed by atoms with Gasteiger partial charge in [-0.2, -0.15) is 4.31 Å². The Hall–Kier alpha value is -0.130. The fraction of sp³-hybridized carbons (Fsp3) is 1.00. The van der Waals surface area contributed by atoms with Crippen molar-refractivity contribution in [3.63, 3.8) is 0 Å². The van der Waals surface area contributed by atoms with E-state index in [1.807, 2.05) is 6.92 Å². The van der Waals surface area contributed by atoms with Crippen molar-refractivity contribution in [1.29, 1.82) is 0 Å². The van der Waals surface area contributed by atoms with Crippen molar-refractivity contribution in [3.8, 4) is 0 Å². The number of nitrogens with zero attached hydrogens (tertiary/aromatic N) is 1. The van der Waals surface area contributed by atoms with Gasteiger partial charge in [0.1, 0.15) is 0 Å². The number of hydrogen-bond acceptors (Lipinski definition) is 3. The highest BCUT2D eigenvalue weighted by molar-refractivity contribution is 7.89. The number of hydrogen-bond donors (Lipinski definition) is 1. The summed E-state index contributed by atoms with van der Waals surface area (Å²) >= 11 is 0. The zero-order chi connectivity index (χ0) is 9.90. The standard InChI is InChI=1S/C8H18N2O2S/c1-2-8(4-5-9)10-6-3-7-13(10,11)12/h8H,2-7,9H2,1H3. The summed E-state index contributed by atoms with van der Waals surface area (Å²) in [4.78, 5) is 0. The van der Waals surface area contributed by atoms with Gasteiger partial charge in [0.25, 0.3) is 0 Å². The zero-order valence-corrected chi connectivity index (χ0v) is 8.89. The van der Waals surface area contributed by atoms with Gasteiger partial charge in [0.2, 0.25) is 10.0 Å². The lowest BCUT2D eigenvalue weighted by Crippen LogP contribution is -2.37. The predicted octanol–water partition coefficient (Wildman–Crippen LogP) is 0.149. The van der Waals surface area contributed by atoms with Crippen LogP contribution in [0.2, 0.25) is 0 Å². The van der Waals surface area contributed by atoms with Crippen molar-refractivity contribution < 1.29 is 8.42 Å². The molecule has 5 heteroatoms. The third kappa shape index (κ3) is 2.42. The first kappa shape index (κ1) is 10.9. The van der Waals surface area contributed by atoms with Gasteiger partial charge < -0.3 is 5.73 Å². The molecule has 1 unspecified atom stereocenters. The Kier molecular flexibility index (Phi) is 3.70. The molecule has 0 aromatic heterocycles. The predicted molar refractivity (Wildman–Crippen MR) is 52.9 cm³/mol. The molecule has 0 spiro atoms. The van der Waals surface area contributed by atoms with E-state index in [-0.39, 0.29) is 6.04 Å². The summed E-state index contributed by atoms with van der Waals surface area (Å²) in [5.74, 6) is 0.314. The fourth-order valence-corrected chi connectivity index (χ4v) is 3.66. The molecule has 2 N–H and O–H groups in total. The third-order valence-electron chi connectivity index (χ3n) is 2.52. The number of rotatable bonds is 4. The van der Waals surface area contributed by atoms with Crippen LogP contribution in [0.25, 0.3) is 0 Å². The molecule has 0 aromatic carbocycles. The topological polar surface area (TPSA) is 63.4 Å². The summed E-state index contributed by atoms with van der Waals surface area (Å²) in [6.45, 7) is 3.25. The van der Waals surface area contributed by atoms with E-state index >= 15 is 0 Å². The van der Waals surface area contributed by atoms with E-state index in [9.17, 15) is 8.42 Å². The van der Waals surface area contributed by atoms with E-state index in [2.05, 4.69) is 0 Å². The van der Waals surface area contributed by atoms with E-state index in [1.165, 1.54) is 0 Å². The number of nitrogens with two attached hydrogens (primary N) is 1. The van der Waals surface area contributed by atoms with Crippen LogP contribution in [0.15, 0.2) is 0 Å². The Morgan fingerprint density at radius 1 is 1.54 bits per heavy atom. The molecule has 1 rings (SSSR count). The maximum Gasteiger partial charge on any atom is 0.214 e. The Morgan fingerprint density at radius 3 is 2.62 bits per heavy atom. The van der Waals surface area contributed by atoms with Gasteiger partial charge in [0.05, 0.1) is 5.75 Å². The van der Waals surface area contributed by atoms with Gasteiger partial charge in [0.15, 0.2) is 0 Å². The van der Waals surface area contributed by atoms with Crippen LogP contribution in [0.1, 0.15) is 26.2 Å². The van der Waals surface area contributed by atoms with Crippen LogP contribution in [-0.2, 0) is 10.0 Å². The molecule has 1 aliphatic heterocycles. The first-order chi connectivity index (χ1) is 6.11. The smallest absolute Gasteiger partial charge is 0.214 e. The van der Waals surface area contributed by atoms with Crippen LogP contribution in [0.4, 0.5) is 0 Å². The Bertz CT molecular complexity index is 251. The molecule has 1 heterocycles. The minimum absolute atomic E-state index is 0.123. The number of sulfonamides is 1. The Labute approximate surface area is 80.1 Å². The maximum absolute atomic E-state index is 11.5. The molecule has 1 atom stereocenters. The van der Waals surface area contributed by atoms with Crippen LogP contribution in [0.3, 0.4) is 0 Å². The van der Waals surface area contributed by atoms with Crippen LogP contribution in [0.5, 0.6) is 0 Å². The quantitative estimate of drug-likeness (QED) is 0.712. The van der Waals surface area contributed by atoms with E-state index < -0.39 is 10.0 Å². The van der Waals surface area contributed by atoms with Gasteiger partial charge in [-0.05, 0) is 25.8 Å². The Morgan fingerprint density at radius 2 is 2.23 bits per heavy atom. The molecule has 0 bridgehead atoms. The third-order valence-corrected chi connectivity index (χ3v) is 4.52. The fourth-order valence-electron chi connectivity index (χ4n) is 1.81. The summed E-state index contributed by atoms with van der Waals surface area (Å²) in [6.07, 6.45) is 2.40. The molecule has 0 radical (unpaired) electrons. The normalized spacial score (nSPS) is 24.8. The minimum atomic E-state index is -2.94. The van der Waals surface area contributed by atoms with Crippen molar-refractivity contribution in [1.82, 2.24) is 4.31 Å². The summed E-state index contributed by atoms with van der Waals surface area (Å²) in [6, 6.07) is 0.123. The minimum Gasteiger partial charge on any atom is -0.330 e. The van der Waals surface area contributed by atoms with Gasteiger partial charge >= 0.3 is 0 Å². The summed E-state index contributed by atoms with van der Waals surface area (Å²) in [5.41, 5.74) is 5.44. The first-order valence-corrected chi connectivity index (χ1v) is 6.42. The SMILES string of the molecule is CCC(CCN)N1CCCS1(=O)=O. The lowest BCUT2D eigenvalue weighted by atomic mass is 10.1. The van der Waals surface area contributed by atoms with Gasteiger partial charge in [-0.15, -0.1) is 0 Å². The highest BCUT2D eigenvalue weighted by Gasteiger charge is 2.32. The van der Waals surface area contributed by atoms with E-state index in [0.29, 0.717) is 18.8 Å². The molecule has 4 nitrogen and oxygen atoms in total. The van der Waals surface area contributed by atoms with Crippen LogP contribution in [0, 0.1) is 0 Å². The van der Waals surface area contributed by atoms with Crippen LogP contribution in [-0.4, -0.2) is 37.6 Å². The second-order valence-electron chi connectivity index (χ2n) is 3.42. The molecule has 0 aromatic rings. The van der Waals surface area contributed by atoms with Gasteiger partial charge in [-0.1, -0.05) is 6.92 Å². The monoisotopic (exact) mass is 206 g/mol. The highest BCUT2D eigenvalue weighted by Crippen LogP contribution is 2.20. The second kappa shape index (κ2) is 4.39. The van der Waals surface area contributed by atoms with E-state index in [1.54, 1.807) is 4.31 Å². The highest BCUT2D eigenvalue weighted by atomic mass is 32.2. The molecular formula is C8H18N2O2S. The molecule has 0 amide bonds. The van der Waals surface area contributed by atoms with Crippen molar-refractivity contribution in [2.45, 2.75) is 32.2 Å². The van der Waals surface area contributed by atoms with Crippen molar-refractivity contribution in [3.05, 3.63) is 0 Å². The van der Waals surface area contributed by atoms with Crippen LogP contribution >= 0.6 is 0 Å².